The van der Waals surface area contributed by atoms with Gasteiger partial charge in [-0.2, -0.15) is 0 Å². The first-order chi connectivity index (χ1) is 6.72. The summed E-state index contributed by atoms with van der Waals surface area (Å²) in [5.74, 6) is -0.260. The summed E-state index contributed by atoms with van der Waals surface area (Å²) < 4.78 is 23.7. The monoisotopic (exact) mass is 262 g/mol. The Labute approximate surface area is 91.2 Å². The molecule has 0 N–H and O–H groups in total. The number of benzene rings is 1. The third-order valence-corrected chi connectivity index (χ3v) is 2.08. The van der Waals surface area contributed by atoms with E-state index in [0.29, 0.717) is 19.8 Å². The second-order valence-electron chi connectivity index (χ2n) is 2.82. The molecule has 0 aromatic heterocycles. The highest BCUT2D eigenvalue weighted by atomic mass is 79.9. The normalized spacial score (nSPS) is 10.5. The first-order valence-corrected chi connectivity index (χ1v) is 5.03. The zero-order chi connectivity index (χ0) is 10.4. The maximum atomic E-state index is 12.9. The topological polar surface area (TPSA) is 18.5 Å². The van der Waals surface area contributed by atoms with Crippen LogP contribution in [0, 0.1) is 5.82 Å². The average molecular weight is 263 g/mol. The first-order valence-electron chi connectivity index (χ1n) is 4.24. The van der Waals surface area contributed by atoms with Gasteiger partial charge in [-0.15, -0.1) is 0 Å². The molecule has 0 saturated carbocycles. The molecule has 1 aromatic carbocycles. The molecule has 0 fully saturated rings. The Bertz CT molecular complexity index is 271. The molecule has 0 aliphatic carbocycles. The SMILES string of the molecule is COCCOCc1cc(F)cc(Br)c1. The number of ether oxygens (including phenoxy) is 2. The van der Waals surface area contributed by atoms with Gasteiger partial charge in [0.2, 0.25) is 0 Å². The molecule has 0 unspecified atom stereocenters. The molecular weight excluding hydrogens is 251 g/mol. The van der Waals surface area contributed by atoms with Gasteiger partial charge < -0.3 is 9.47 Å². The molecular formula is C10H12BrFO2. The van der Waals surface area contributed by atoms with E-state index in [9.17, 15) is 4.39 Å². The van der Waals surface area contributed by atoms with Gasteiger partial charge in [-0.25, -0.2) is 4.39 Å². The molecule has 0 aliphatic heterocycles. The molecule has 14 heavy (non-hydrogen) atoms. The van der Waals surface area contributed by atoms with E-state index < -0.39 is 0 Å². The average Bonchev–Trinajstić information content (AvgIpc) is 2.11. The highest BCUT2D eigenvalue weighted by Crippen LogP contribution is 2.15. The van der Waals surface area contributed by atoms with Gasteiger partial charge in [-0.1, -0.05) is 15.9 Å². The van der Waals surface area contributed by atoms with Crippen LogP contribution < -0.4 is 0 Å². The lowest BCUT2D eigenvalue weighted by atomic mass is 10.2. The van der Waals surface area contributed by atoms with Gasteiger partial charge in [-0.05, 0) is 23.8 Å². The van der Waals surface area contributed by atoms with E-state index in [1.807, 2.05) is 6.07 Å². The van der Waals surface area contributed by atoms with Crippen molar-refractivity contribution in [3.05, 3.63) is 34.1 Å². The van der Waals surface area contributed by atoms with Crippen LogP contribution in [0.25, 0.3) is 0 Å². The summed E-state index contributed by atoms with van der Waals surface area (Å²) in [7, 11) is 1.61. The summed E-state index contributed by atoms with van der Waals surface area (Å²) in [6.07, 6.45) is 0. The Hall–Kier alpha value is -0.450. The molecule has 2 nitrogen and oxygen atoms in total. The van der Waals surface area contributed by atoms with E-state index in [1.165, 1.54) is 12.1 Å². The van der Waals surface area contributed by atoms with Crippen LogP contribution >= 0.6 is 15.9 Å². The Morgan fingerprint density at radius 3 is 2.71 bits per heavy atom. The van der Waals surface area contributed by atoms with Gasteiger partial charge in [0.25, 0.3) is 0 Å². The zero-order valence-corrected chi connectivity index (χ0v) is 9.51. The van der Waals surface area contributed by atoms with E-state index in [0.717, 1.165) is 10.0 Å². The van der Waals surface area contributed by atoms with Crippen molar-refractivity contribution in [2.24, 2.45) is 0 Å². The molecule has 0 aliphatic rings. The second kappa shape index (κ2) is 6.11. The quantitative estimate of drug-likeness (QED) is 0.760. The summed E-state index contributed by atoms with van der Waals surface area (Å²) in [6, 6.07) is 4.70. The Balaban J connectivity index is 2.42. The van der Waals surface area contributed by atoms with Crippen LogP contribution in [-0.2, 0) is 16.1 Å². The predicted octanol–water partition coefficient (Wildman–Crippen LogP) is 2.75. The van der Waals surface area contributed by atoms with Gasteiger partial charge in [0.05, 0.1) is 19.8 Å². The van der Waals surface area contributed by atoms with Crippen LogP contribution in [0.4, 0.5) is 4.39 Å². The number of halogens is 2. The number of hydrogen-bond donors (Lipinski definition) is 0. The van der Waals surface area contributed by atoms with Crippen molar-refractivity contribution in [2.45, 2.75) is 6.61 Å². The lowest BCUT2D eigenvalue weighted by Gasteiger charge is -2.04. The molecule has 0 saturated heterocycles. The van der Waals surface area contributed by atoms with E-state index in [2.05, 4.69) is 15.9 Å². The fourth-order valence-corrected chi connectivity index (χ4v) is 1.54. The molecule has 4 heteroatoms. The van der Waals surface area contributed by atoms with Crippen molar-refractivity contribution in [1.29, 1.82) is 0 Å². The molecule has 1 rings (SSSR count). The van der Waals surface area contributed by atoms with Crippen LogP contribution in [0.15, 0.2) is 22.7 Å². The largest absolute Gasteiger partial charge is 0.382 e. The Morgan fingerprint density at radius 1 is 1.29 bits per heavy atom. The summed E-state index contributed by atoms with van der Waals surface area (Å²) in [4.78, 5) is 0. The predicted molar refractivity (Wildman–Crippen MR) is 55.6 cm³/mol. The molecule has 0 radical (unpaired) electrons. The molecule has 0 spiro atoms. The minimum atomic E-state index is -0.260. The lowest BCUT2D eigenvalue weighted by molar-refractivity contribution is 0.0615. The second-order valence-corrected chi connectivity index (χ2v) is 3.74. The van der Waals surface area contributed by atoms with Crippen LogP contribution in [-0.4, -0.2) is 20.3 Å². The summed E-state index contributed by atoms with van der Waals surface area (Å²) in [5, 5.41) is 0. The van der Waals surface area contributed by atoms with E-state index in [-0.39, 0.29) is 5.82 Å². The highest BCUT2D eigenvalue weighted by Gasteiger charge is 1.98. The number of methoxy groups -OCH3 is 1. The Kier molecular flexibility index (Phi) is 5.07. The van der Waals surface area contributed by atoms with Crippen molar-refractivity contribution < 1.29 is 13.9 Å². The van der Waals surface area contributed by atoms with E-state index in [4.69, 9.17) is 9.47 Å². The first kappa shape index (κ1) is 11.6. The summed E-state index contributed by atoms with van der Waals surface area (Å²) >= 11 is 3.22. The van der Waals surface area contributed by atoms with Gasteiger partial charge >= 0.3 is 0 Å². The third kappa shape index (κ3) is 4.17. The Morgan fingerprint density at radius 2 is 2.07 bits per heavy atom. The van der Waals surface area contributed by atoms with Crippen molar-refractivity contribution >= 4 is 15.9 Å². The van der Waals surface area contributed by atoms with Crippen molar-refractivity contribution in [3.63, 3.8) is 0 Å². The summed E-state index contributed by atoms with van der Waals surface area (Å²) in [5.41, 5.74) is 0.813. The van der Waals surface area contributed by atoms with Crippen LogP contribution in [0.2, 0.25) is 0 Å². The van der Waals surface area contributed by atoms with Gasteiger partial charge in [0.1, 0.15) is 5.82 Å². The lowest BCUT2D eigenvalue weighted by Crippen LogP contribution is -2.01. The van der Waals surface area contributed by atoms with Gasteiger partial charge in [0.15, 0.2) is 0 Å². The van der Waals surface area contributed by atoms with Crippen LogP contribution in [0.5, 0.6) is 0 Å². The molecule has 0 bridgehead atoms. The van der Waals surface area contributed by atoms with Crippen LogP contribution in [0.1, 0.15) is 5.56 Å². The third-order valence-electron chi connectivity index (χ3n) is 1.62. The maximum Gasteiger partial charge on any atom is 0.124 e. The fraction of sp³-hybridized carbons (Fsp3) is 0.400. The van der Waals surface area contributed by atoms with E-state index in [1.54, 1.807) is 7.11 Å². The molecule has 0 amide bonds. The molecule has 0 heterocycles. The van der Waals surface area contributed by atoms with E-state index >= 15 is 0 Å². The maximum absolute atomic E-state index is 12.9. The number of hydrogen-bond acceptors (Lipinski definition) is 2. The summed E-state index contributed by atoms with van der Waals surface area (Å²) in [6.45, 7) is 1.47. The fourth-order valence-electron chi connectivity index (χ4n) is 1.03. The van der Waals surface area contributed by atoms with Gasteiger partial charge in [0, 0.05) is 11.6 Å². The minimum absolute atomic E-state index is 0.260. The van der Waals surface area contributed by atoms with Gasteiger partial charge in [-0.3, -0.25) is 0 Å². The van der Waals surface area contributed by atoms with Crippen LogP contribution in [0.3, 0.4) is 0 Å². The molecule has 78 valence electrons. The van der Waals surface area contributed by atoms with Crippen molar-refractivity contribution in [1.82, 2.24) is 0 Å². The van der Waals surface area contributed by atoms with Crippen molar-refractivity contribution in [3.8, 4) is 0 Å². The zero-order valence-electron chi connectivity index (χ0n) is 7.93. The smallest absolute Gasteiger partial charge is 0.124 e. The molecule has 0 atom stereocenters. The standard InChI is InChI=1S/C10H12BrFO2/c1-13-2-3-14-7-8-4-9(11)6-10(12)5-8/h4-6H,2-3,7H2,1H3. The van der Waals surface area contributed by atoms with Crippen molar-refractivity contribution in [2.75, 3.05) is 20.3 Å². The minimum Gasteiger partial charge on any atom is -0.382 e. The highest BCUT2D eigenvalue weighted by molar-refractivity contribution is 9.10. The molecule has 1 aromatic rings. The number of rotatable bonds is 5.